The number of rotatable bonds is 3. The highest BCUT2D eigenvalue weighted by atomic mass is 19.4. The highest BCUT2D eigenvalue weighted by Gasteiger charge is 2.38. The van der Waals surface area contributed by atoms with Crippen molar-refractivity contribution in [2.75, 3.05) is 32.1 Å². The molecule has 1 aliphatic heterocycles. The van der Waals surface area contributed by atoms with Crippen molar-refractivity contribution < 1.29 is 23.1 Å². The minimum Gasteiger partial charge on any atom is -0.475 e. The van der Waals surface area contributed by atoms with Gasteiger partial charge in [0.1, 0.15) is 12.1 Å². The third-order valence-corrected chi connectivity index (χ3v) is 4.48. The maximum atomic E-state index is 10.6. The van der Waals surface area contributed by atoms with Gasteiger partial charge in [0, 0.05) is 45.7 Å². The molecule has 1 aliphatic rings. The van der Waals surface area contributed by atoms with Crippen LogP contribution >= 0.6 is 0 Å². The van der Waals surface area contributed by atoms with E-state index < -0.39 is 12.1 Å². The van der Waals surface area contributed by atoms with Crippen LogP contribution in [0.25, 0.3) is 0 Å². The number of alkyl halides is 3. The van der Waals surface area contributed by atoms with Crippen molar-refractivity contribution in [1.82, 2.24) is 14.9 Å². The molecule has 0 unspecified atom stereocenters. The first-order chi connectivity index (χ1) is 14.1. The number of nitriles is 1. The van der Waals surface area contributed by atoms with Gasteiger partial charge in [-0.25, -0.2) is 14.8 Å². The van der Waals surface area contributed by atoms with Crippen molar-refractivity contribution in [1.29, 1.82) is 5.26 Å². The minimum absolute atomic E-state index is 0.723. The number of carboxylic acid groups (broad SMARTS) is 1. The quantitative estimate of drug-likeness (QED) is 0.814. The second kappa shape index (κ2) is 10.0. The van der Waals surface area contributed by atoms with Gasteiger partial charge in [0.25, 0.3) is 0 Å². The molecule has 2 heterocycles. The first-order valence-electron chi connectivity index (χ1n) is 9.13. The molecule has 30 heavy (non-hydrogen) atoms. The molecule has 1 aromatic heterocycles. The van der Waals surface area contributed by atoms with E-state index in [0.29, 0.717) is 0 Å². The lowest BCUT2D eigenvalue weighted by Crippen LogP contribution is -2.26. The number of aromatic nitrogens is 2. The third-order valence-electron chi connectivity index (χ3n) is 4.48. The Morgan fingerprint density at radius 1 is 1.27 bits per heavy atom. The summed E-state index contributed by atoms with van der Waals surface area (Å²) in [6, 6.07) is 10.1. The fourth-order valence-corrected chi connectivity index (χ4v) is 3.10. The Balaban J connectivity index is 0.000000396. The Hall–Kier alpha value is -3.19. The highest BCUT2D eigenvalue weighted by molar-refractivity contribution is 5.73. The summed E-state index contributed by atoms with van der Waals surface area (Å²) in [5.74, 6) is -1.73. The molecule has 2 aromatic rings. The van der Waals surface area contributed by atoms with Gasteiger partial charge in [-0.1, -0.05) is 12.1 Å². The van der Waals surface area contributed by atoms with Crippen LogP contribution in [0.5, 0.6) is 0 Å². The van der Waals surface area contributed by atoms with Crippen molar-refractivity contribution in [3.63, 3.8) is 0 Å². The van der Waals surface area contributed by atoms with Crippen LogP contribution in [0.4, 0.5) is 19.0 Å². The van der Waals surface area contributed by atoms with Crippen molar-refractivity contribution in [3.8, 4) is 6.07 Å². The van der Waals surface area contributed by atoms with Crippen molar-refractivity contribution in [2.45, 2.75) is 25.6 Å². The highest BCUT2D eigenvalue weighted by Crippen LogP contribution is 2.23. The standard InChI is InChI=1S/C18H21N5.C2HF3O2/c1-22(2)18-16-6-8-23(9-7-17(16)20-13-21-18)12-15-5-3-4-14(10-15)11-19;3-2(4,5)1(6)7/h3-5,10,13H,6-9,12H2,1-2H3;(H,6,7). The van der Waals surface area contributed by atoms with Crippen LogP contribution in [0.2, 0.25) is 0 Å². The zero-order valence-electron chi connectivity index (χ0n) is 16.6. The lowest BCUT2D eigenvalue weighted by Gasteiger charge is -2.20. The molecule has 0 radical (unpaired) electrons. The molecule has 160 valence electrons. The molecule has 0 amide bonds. The zero-order chi connectivity index (χ0) is 22.3. The van der Waals surface area contributed by atoms with Gasteiger partial charge in [-0.3, -0.25) is 4.90 Å². The summed E-state index contributed by atoms with van der Waals surface area (Å²) in [5, 5.41) is 16.2. The molecule has 0 saturated heterocycles. The van der Waals surface area contributed by atoms with Crippen LogP contribution in [-0.4, -0.2) is 59.3 Å². The molecule has 1 N–H and O–H groups in total. The van der Waals surface area contributed by atoms with Gasteiger partial charge in [0.2, 0.25) is 0 Å². The summed E-state index contributed by atoms with van der Waals surface area (Å²) in [6.07, 6.45) is -1.52. The molecular formula is C20H22F3N5O2. The number of aliphatic carboxylic acids is 1. The number of benzene rings is 1. The number of halogens is 3. The zero-order valence-corrected chi connectivity index (χ0v) is 16.6. The van der Waals surface area contributed by atoms with E-state index >= 15 is 0 Å². The lowest BCUT2D eigenvalue weighted by molar-refractivity contribution is -0.192. The number of anilines is 1. The van der Waals surface area contributed by atoms with E-state index in [-0.39, 0.29) is 0 Å². The largest absolute Gasteiger partial charge is 0.490 e. The van der Waals surface area contributed by atoms with Crippen molar-refractivity contribution >= 4 is 11.8 Å². The van der Waals surface area contributed by atoms with Gasteiger partial charge in [0.05, 0.1) is 17.3 Å². The van der Waals surface area contributed by atoms with Crippen LogP contribution in [0.1, 0.15) is 22.4 Å². The van der Waals surface area contributed by atoms with E-state index in [0.717, 1.165) is 49.6 Å². The Morgan fingerprint density at radius 3 is 2.53 bits per heavy atom. The second-order valence-electron chi connectivity index (χ2n) is 6.91. The number of carbonyl (C=O) groups is 1. The van der Waals surface area contributed by atoms with E-state index in [1.165, 1.54) is 11.1 Å². The van der Waals surface area contributed by atoms with E-state index in [9.17, 15) is 13.2 Å². The van der Waals surface area contributed by atoms with Crippen LogP contribution in [0.3, 0.4) is 0 Å². The smallest absolute Gasteiger partial charge is 0.475 e. The number of hydrogen-bond acceptors (Lipinski definition) is 6. The molecule has 7 nitrogen and oxygen atoms in total. The Labute approximate surface area is 172 Å². The van der Waals surface area contributed by atoms with Crippen LogP contribution in [-0.2, 0) is 24.2 Å². The minimum atomic E-state index is -5.08. The number of carboxylic acids is 1. The molecule has 0 fully saturated rings. The molecule has 0 bridgehead atoms. The summed E-state index contributed by atoms with van der Waals surface area (Å²) in [5.41, 5.74) is 4.35. The predicted octanol–water partition coefficient (Wildman–Crippen LogP) is 2.65. The van der Waals surface area contributed by atoms with Gasteiger partial charge in [-0.05, 0) is 24.1 Å². The van der Waals surface area contributed by atoms with E-state index in [1.54, 1.807) is 6.33 Å². The molecular weight excluding hydrogens is 399 g/mol. The molecule has 0 saturated carbocycles. The summed E-state index contributed by atoms with van der Waals surface area (Å²) in [7, 11) is 4.05. The van der Waals surface area contributed by atoms with Gasteiger partial charge in [-0.2, -0.15) is 18.4 Å². The maximum Gasteiger partial charge on any atom is 0.490 e. The van der Waals surface area contributed by atoms with Crippen molar-refractivity contribution in [3.05, 3.63) is 53.0 Å². The summed E-state index contributed by atoms with van der Waals surface area (Å²) in [6.45, 7) is 2.83. The predicted molar refractivity (Wildman–Crippen MR) is 104 cm³/mol. The molecule has 0 atom stereocenters. The molecule has 10 heteroatoms. The Kier molecular flexibility index (Phi) is 7.72. The summed E-state index contributed by atoms with van der Waals surface area (Å²) in [4.78, 5) is 22.3. The normalized spacial score (nSPS) is 13.9. The molecule has 3 rings (SSSR count). The summed E-state index contributed by atoms with van der Waals surface area (Å²) < 4.78 is 31.7. The summed E-state index contributed by atoms with van der Waals surface area (Å²) >= 11 is 0. The first kappa shape index (κ1) is 23.1. The van der Waals surface area contributed by atoms with Crippen LogP contribution < -0.4 is 4.90 Å². The molecule has 0 aliphatic carbocycles. The molecule has 1 aromatic carbocycles. The van der Waals surface area contributed by atoms with Gasteiger partial charge in [-0.15, -0.1) is 0 Å². The first-order valence-corrected chi connectivity index (χ1v) is 9.13. The van der Waals surface area contributed by atoms with Gasteiger partial charge >= 0.3 is 12.1 Å². The average molecular weight is 421 g/mol. The van der Waals surface area contributed by atoms with E-state index in [4.69, 9.17) is 15.2 Å². The van der Waals surface area contributed by atoms with Crippen LogP contribution in [0.15, 0.2) is 30.6 Å². The maximum absolute atomic E-state index is 10.6. The Bertz CT molecular complexity index is 925. The molecule has 0 spiro atoms. The fraction of sp³-hybridized carbons (Fsp3) is 0.400. The third kappa shape index (κ3) is 6.42. The van der Waals surface area contributed by atoms with Gasteiger partial charge < -0.3 is 10.0 Å². The van der Waals surface area contributed by atoms with Crippen molar-refractivity contribution in [2.24, 2.45) is 0 Å². The van der Waals surface area contributed by atoms with Crippen LogP contribution in [0, 0.1) is 11.3 Å². The number of fused-ring (bicyclic) bond motifs is 1. The van der Waals surface area contributed by atoms with E-state index in [2.05, 4.69) is 31.9 Å². The monoisotopic (exact) mass is 421 g/mol. The average Bonchev–Trinajstić information content (AvgIpc) is 2.90. The SMILES string of the molecule is CN(C)c1ncnc2c1CCN(Cc1cccc(C#N)c1)CC2.O=C(O)C(F)(F)F. The lowest BCUT2D eigenvalue weighted by atomic mass is 10.1. The number of hydrogen-bond donors (Lipinski definition) is 1. The fourth-order valence-electron chi connectivity index (χ4n) is 3.10. The van der Waals surface area contributed by atoms with Gasteiger partial charge in [0.15, 0.2) is 0 Å². The Morgan fingerprint density at radius 2 is 1.93 bits per heavy atom. The number of nitrogens with zero attached hydrogens (tertiary/aromatic N) is 5. The van der Waals surface area contributed by atoms with E-state index in [1.807, 2.05) is 32.3 Å². The second-order valence-corrected chi connectivity index (χ2v) is 6.91. The topological polar surface area (TPSA) is 93.4 Å².